The van der Waals surface area contributed by atoms with E-state index in [2.05, 4.69) is 5.32 Å². The molecule has 0 bridgehead atoms. The van der Waals surface area contributed by atoms with Crippen molar-refractivity contribution in [3.8, 4) is 0 Å². The largest absolute Gasteiger partial charge is 0.399 e. The van der Waals surface area contributed by atoms with Gasteiger partial charge in [-0.2, -0.15) is 0 Å². The van der Waals surface area contributed by atoms with E-state index in [9.17, 15) is 4.79 Å². The van der Waals surface area contributed by atoms with Crippen LogP contribution in [0.5, 0.6) is 0 Å². The molecular formula is C14H20N2O3. The van der Waals surface area contributed by atoms with Crippen molar-refractivity contribution in [1.82, 2.24) is 0 Å². The third-order valence-corrected chi connectivity index (χ3v) is 3.02. The molecule has 1 saturated heterocycles. The van der Waals surface area contributed by atoms with Gasteiger partial charge < -0.3 is 20.5 Å². The molecule has 2 rings (SSSR count). The molecule has 0 radical (unpaired) electrons. The normalized spacial score (nSPS) is 16.2. The minimum absolute atomic E-state index is 0.0577. The van der Waals surface area contributed by atoms with Gasteiger partial charge in [0.25, 0.3) is 0 Å². The van der Waals surface area contributed by atoms with E-state index >= 15 is 0 Å². The first-order valence-corrected chi connectivity index (χ1v) is 6.59. The fourth-order valence-corrected chi connectivity index (χ4v) is 2.00. The molecule has 0 aromatic heterocycles. The van der Waals surface area contributed by atoms with Gasteiger partial charge >= 0.3 is 0 Å². The van der Waals surface area contributed by atoms with Gasteiger partial charge in [-0.3, -0.25) is 4.79 Å². The Kier molecular flexibility index (Phi) is 5.18. The third-order valence-electron chi connectivity index (χ3n) is 3.02. The van der Waals surface area contributed by atoms with E-state index in [4.69, 9.17) is 15.2 Å². The minimum atomic E-state index is -0.0577. The second kappa shape index (κ2) is 7.11. The van der Waals surface area contributed by atoms with Crippen LogP contribution in [-0.4, -0.2) is 31.8 Å². The first-order valence-electron chi connectivity index (χ1n) is 6.59. The molecule has 1 aromatic rings. The number of carbonyl (C=O) groups excluding carboxylic acids is 1. The van der Waals surface area contributed by atoms with Crippen molar-refractivity contribution < 1.29 is 14.3 Å². The molecular weight excluding hydrogens is 244 g/mol. The lowest BCUT2D eigenvalue weighted by molar-refractivity contribution is -0.118. The number of ether oxygens (including phenoxy) is 2. The smallest absolute Gasteiger partial charge is 0.226 e. The lowest BCUT2D eigenvalue weighted by Crippen LogP contribution is -2.25. The summed E-state index contributed by atoms with van der Waals surface area (Å²) < 4.78 is 10.9. The van der Waals surface area contributed by atoms with E-state index in [-0.39, 0.29) is 12.0 Å². The molecule has 1 amide bonds. The molecule has 3 N–H and O–H groups in total. The topological polar surface area (TPSA) is 73.6 Å². The van der Waals surface area contributed by atoms with Crippen molar-refractivity contribution in [3.63, 3.8) is 0 Å². The quantitative estimate of drug-likeness (QED) is 0.795. The summed E-state index contributed by atoms with van der Waals surface area (Å²) in [6, 6.07) is 7.14. The maximum absolute atomic E-state index is 11.7. The van der Waals surface area contributed by atoms with Crippen molar-refractivity contribution in [2.75, 3.05) is 30.9 Å². The highest BCUT2D eigenvalue weighted by molar-refractivity contribution is 5.91. The fourth-order valence-electron chi connectivity index (χ4n) is 2.00. The van der Waals surface area contributed by atoms with Crippen LogP contribution < -0.4 is 11.1 Å². The van der Waals surface area contributed by atoms with Crippen LogP contribution in [0.2, 0.25) is 0 Å². The van der Waals surface area contributed by atoms with Crippen molar-refractivity contribution in [2.24, 2.45) is 0 Å². The fraction of sp³-hybridized carbons (Fsp3) is 0.500. The minimum Gasteiger partial charge on any atom is -0.399 e. The lowest BCUT2D eigenvalue weighted by Gasteiger charge is -2.22. The number of nitrogen functional groups attached to an aromatic ring is 1. The number of hydrogen-bond acceptors (Lipinski definition) is 4. The number of amides is 1. The van der Waals surface area contributed by atoms with E-state index in [1.165, 1.54) is 0 Å². The number of rotatable bonds is 5. The maximum Gasteiger partial charge on any atom is 0.226 e. The lowest BCUT2D eigenvalue weighted by atomic mass is 10.1. The molecule has 5 nitrogen and oxygen atoms in total. The summed E-state index contributed by atoms with van der Waals surface area (Å²) in [5.41, 5.74) is 7.00. The van der Waals surface area contributed by atoms with E-state index in [1.807, 2.05) is 12.1 Å². The van der Waals surface area contributed by atoms with Gasteiger partial charge in [0.05, 0.1) is 19.1 Å². The van der Waals surface area contributed by atoms with Gasteiger partial charge in [0.2, 0.25) is 5.91 Å². The predicted molar refractivity (Wildman–Crippen MR) is 73.9 cm³/mol. The molecule has 0 saturated carbocycles. The number of nitrogens with two attached hydrogens (primary N) is 1. The van der Waals surface area contributed by atoms with E-state index in [1.54, 1.807) is 12.1 Å². The van der Waals surface area contributed by atoms with Gasteiger partial charge in [0.15, 0.2) is 0 Å². The van der Waals surface area contributed by atoms with Crippen molar-refractivity contribution >= 4 is 17.3 Å². The highest BCUT2D eigenvalue weighted by Crippen LogP contribution is 2.13. The summed E-state index contributed by atoms with van der Waals surface area (Å²) in [4.78, 5) is 11.7. The zero-order chi connectivity index (χ0) is 13.5. The van der Waals surface area contributed by atoms with Crippen LogP contribution in [0.25, 0.3) is 0 Å². The predicted octanol–water partition coefficient (Wildman–Crippen LogP) is 1.79. The van der Waals surface area contributed by atoms with E-state index in [0.29, 0.717) is 18.7 Å². The first-order chi connectivity index (χ1) is 9.24. The molecule has 1 aromatic carbocycles. The zero-order valence-corrected chi connectivity index (χ0v) is 10.9. The number of hydrogen-bond donors (Lipinski definition) is 2. The van der Waals surface area contributed by atoms with Gasteiger partial charge in [0.1, 0.15) is 0 Å². The highest BCUT2D eigenvalue weighted by Gasteiger charge is 2.14. The summed E-state index contributed by atoms with van der Waals surface area (Å²) in [5.74, 6) is -0.0577. The Labute approximate surface area is 113 Å². The number of benzene rings is 1. The van der Waals surface area contributed by atoms with E-state index in [0.717, 1.165) is 31.7 Å². The molecule has 0 spiro atoms. The molecule has 1 aliphatic heterocycles. The third kappa shape index (κ3) is 4.89. The maximum atomic E-state index is 11.7. The molecule has 1 fully saturated rings. The zero-order valence-electron chi connectivity index (χ0n) is 10.9. The number of carbonyl (C=O) groups is 1. The first kappa shape index (κ1) is 13.8. The van der Waals surface area contributed by atoms with Gasteiger partial charge in [0, 0.05) is 24.6 Å². The average Bonchev–Trinajstić information content (AvgIpc) is 2.40. The second-order valence-electron chi connectivity index (χ2n) is 4.61. The summed E-state index contributed by atoms with van der Waals surface area (Å²) in [7, 11) is 0. The van der Waals surface area contributed by atoms with Crippen LogP contribution in [0, 0.1) is 0 Å². The van der Waals surface area contributed by atoms with Crippen molar-refractivity contribution in [3.05, 3.63) is 24.3 Å². The van der Waals surface area contributed by atoms with Crippen LogP contribution in [-0.2, 0) is 14.3 Å². The Bertz CT molecular complexity index is 417. The van der Waals surface area contributed by atoms with Crippen LogP contribution >= 0.6 is 0 Å². The monoisotopic (exact) mass is 264 g/mol. The SMILES string of the molecule is Nc1cccc(NC(=O)CCOC2CCOCC2)c1. The van der Waals surface area contributed by atoms with Gasteiger partial charge in [-0.15, -0.1) is 0 Å². The standard InChI is InChI=1S/C14H20N2O3/c15-11-2-1-3-12(10-11)16-14(17)6-9-19-13-4-7-18-8-5-13/h1-3,10,13H,4-9,15H2,(H,16,17). The van der Waals surface area contributed by atoms with Crippen molar-refractivity contribution in [2.45, 2.75) is 25.4 Å². The Hall–Kier alpha value is -1.59. The molecule has 0 unspecified atom stereocenters. The average molecular weight is 264 g/mol. The van der Waals surface area contributed by atoms with Gasteiger partial charge in [-0.05, 0) is 31.0 Å². The highest BCUT2D eigenvalue weighted by atomic mass is 16.5. The second-order valence-corrected chi connectivity index (χ2v) is 4.61. The van der Waals surface area contributed by atoms with E-state index < -0.39 is 0 Å². The van der Waals surface area contributed by atoms with Gasteiger partial charge in [-0.1, -0.05) is 6.07 Å². The van der Waals surface area contributed by atoms with Crippen molar-refractivity contribution in [1.29, 1.82) is 0 Å². The van der Waals surface area contributed by atoms with Crippen LogP contribution in [0.15, 0.2) is 24.3 Å². The molecule has 104 valence electrons. The molecule has 19 heavy (non-hydrogen) atoms. The molecule has 1 heterocycles. The Morgan fingerprint density at radius 1 is 1.42 bits per heavy atom. The van der Waals surface area contributed by atoms with Crippen LogP contribution in [0.1, 0.15) is 19.3 Å². The molecule has 0 atom stereocenters. The molecule has 1 aliphatic rings. The Morgan fingerprint density at radius 2 is 2.21 bits per heavy atom. The van der Waals surface area contributed by atoms with Crippen LogP contribution in [0.3, 0.4) is 0 Å². The summed E-state index contributed by atoms with van der Waals surface area (Å²) >= 11 is 0. The summed E-state index contributed by atoms with van der Waals surface area (Å²) in [6.07, 6.45) is 2.41. The molecule has 5 heteroatoms. The summed E-state index contributed by atoms with van der Waals surface area (Å²) in [6.45, 7) is 1.94. The van der Waals surface area contributed by atoms with Crippen LogP contribution in [0.4, 0.5) is 11.4 Å². The van der Waals surface area contributed by atoms with Gasteiger partial charge in [-0.25, -0.2) is 0 Å². The Balaban J connectivity index is 1.67. The number of anilines is 2. The number of nitrogens with one attached hydrogen (secondary N) is 1. The molecule has 0 aliphatic carbocycles. The Morgan fingerprint density at radius 3 is 2.95 bits per heavy atom. The summed E-state index contributed by atoms with van der Waals surface area (Å²) in [5, 5.41) is 2.80.